The van der Waals surface area contributed by atoms with Crippen molar-refractivity contribution in [1.29, 1.82) is 0 Å². The van der Waals surface area contributed by atoms with Crippen LogP contribution < -0.4 is 10.6 Å². The third-order valence-electron chi connectivity index (χ3n) is 5.42. The van der Waals surface area contributed by atoms with Gasteiger partial charge < -0.3 is 15.5 Å². The molecular formula is C23H35N5S. The predicted molar refractivity (Wildman–Crippen MR) is 125 cm³/mol. The summed E-state index contributed by atoms with van der Waals surface area (Å²) in [6.45, 7) is 9.56. The summed E-state index contributed by atoms with van der Waals surface area (Å²) in [4.78, 5) is 12.1. The lowest BCUT2D eigenvalue weighted by Gasteiger charge is -2.20. The molecule has 2 aromatic rings. The van der Waals surface area contributed by atoms with E-state index in [0.717, 1.165) is 38.6 Å². The van der Waals surface area contributed by atoms with Crippen LogP contribution in [0.25, 0.3) is 0 Å². The highest BCUT2D eigenvalue weighted by atomic mass is 32.1. The molecule has 0 radical (unpaired) electrons. The van der Waals surface area contributed by atoms with Gasteiger partial charge in [-0.15, -0.1) is 11.3 Å². The van der Waals surface area contributed by atoms with Crippen LogP contribution in [-0.2, 0) is 26.1 Å². The summed E-state index contributed by atoms with van der Waals surface area (Å²) in [5.74, 6) is 0.842. The fraction of sp³-hybridized carbons (Fsp3) is 0.522. The Morgan fingerprint density at radius 3 is 2.38 bits per heavy atom. The molecule has 0 atom stereocenters. The van der Waals surface area contributed by atoms with Crippen molar-refractivity contribution in [3.05, 3.63) is 57.3 Å². The zero-order chi connectivity index (χ0) is 20.5. The second kappa shape index (κ2) is 11.3. The van der Waals surface area contributed by atoms with Crippen LogP contribution in [0.3, 0.4) is 0 Å². The topological polar surface area (TPSA) is 42.9 Å². The van der Waals surface area contributed by atoms with Gasteiger partial charge in [0.25, 0.3) is 0 Å². The first-order valence-corrected chi connectivity index (χ1v) is 11.5. The summed E-state index contributed by atoms with van der Waals surface area (Å²) in [5.41, 5.74) is 2.67. The van der Waals surface area contributed by atoms with Gasteiger partial charge in [0.2, 0.25) is 0 Å². The van der Waals surface area contributed by atoms with Gasteiger partial charge in [-0.1, -0.05) is 31.2 Å². The molecule has 0 bridgehead atoms. The van der Waals surface area contributed by atoms with E-state index in [2.05, 4.69) is 75.8 Å². The molecule has 1 aliphatic heterocycles. The van der Waals surface area contributed by atoms with Gasteiger partial charge in [0, 0.05) is 43.0 Å². The third-order valence-corrected chi connectivity index (χ3v) is 6.65. The Labute approximate surface area is 179 Å². The molecular weight excluding hydrogens is 378 g/mol. The van der Waals surface area contributed by atoms with Crippen molar-refractivity contribution < 1.29 is 0 Å². The Hall–Kier alpha value is -1.89. The van der Waals surface area contributed by atoms with E-state index in [1.807, 2.05) is 18.4 Å². The van der Waals surface area contributed by atoms with Crippen molar-refractivity contribution in [3.63, 3.8) is 0 Å². The van der Waals surface area contributed by atoms with Gasteiger partial charge in [0.1, 0.15) is 0 Å². The maximum atomic E-state index is 4.34. The van der Waals surface area contributed by atoms with Crippen molar-refractivity contribution in [1.82, 2.24) is 20.4 Å². The molecule has 1 aromatic heterocycles. The molecule has 1 fully saturated rings. The van der Waals surface area contributed by atoms with Crippen LogP contribution in [0.1, 0.15) is 34.2 Å². The van der Waals surface area contributed by atoms with Crippen LogP contribution >= 0.6 is 11.3 Å². The Balaban J connectivity index is 1.43. The number of benzene rings is 1. The van der Waals surface area contributed by atoms with Gasteiger partial charge in [0.15, 0.2) is 5.96 Å². The van der Waals surface area contributed by atoms with Gasteiger partial charge in [-0.2, -0.15) is 0 Å². The molecule has 29 heavy (non-hydrogen) atoms. The average molecular weight is 414 g/mol. The van der Waals surface area contributed by atoms with Crippen LogP contribution in [0.4, 0.5) is 0 Å². The summed E-state index contributed by atoms with van der Waals surface area (Å²) in [6, 6.07) is 13.4. The van der Waals surface area contributed by atoms with E-state index in [1.165, 1.54) is 46.9 Å². The van der Waals surface area contributed by atoms with E-state index in [1.54, 1.807) is 0 Å². The first kappa shape index (κ1) is 21.8. The molecule has 0 spiro atoms. The molecule has 158 valence electrons. The standard InChI is InChI=1S/C23H35N5S/c1-4-21-10-11-22(29-21)17-26-23(24-2)25-16-19-6-8-20(9-7-19)18-28-13-5-12-27(3)14-15-28/h6-11H,4-5,12-18H2,1-3H3,(H2,24,25,26). The summed E-state index contributed by atoms with van der Waals surface area (Å²) in [6.07, 6.45) is 2.36. The number of hydrogen-bond acceptors (Lipinski definition) is 4. The van der Waals surface area contributed by atoms with E-state index < -0.39 is 0 Å². The molecule has 0 unspecified atom stereocenters. The highest BCUT2D eigenvalue weighted by Gasteiger charge is 2.12. The number of hydrogen-bond donors (Lipinski definition) is 2. The smallest absolute Gasteiger partial charge is 0.191 e. The van der Waals surface area contributed by atoms with Gasteiger partial charge in [0.05, 0.1) is 6.54 Å². The molecule has 3 rings (SSSR count). The maximum absolute atomic E-state index is 4.34. The molecule has 2 N–H and O–H groups in total. The number of guanidine groups is 1. The van der Waals surface area contributed by atoms with E-state index >= 15 is 0 Å². The van der Waals surface area contributed by atoms with Gasteiger partial charge >= 0.3 is 0 Å². The summed E-state index contributed by atoms with van der Waals surface area (Å²) < 4.78 is 0. The number of aliphatic imine (C=N–C) groups is 1. The van der Waals surface area contributed by atoms with Crippen molar-refractivity contribution in [2.75, 3.05) is 40.3 Å². The molecule has 1 aliphatic rings. The highest BCUT2D eigenvalue weighted by molar-refractivity contribution is 7.11. The van der Waals surface area contributed by atoms with E-state index in [-0.39, 0.29) is 0 Å². The second-order valence-electron chi connectivity index (χ2n) is 7.75. The number of nitrogens with zero attached hydrogens (tertiary/aromatic N) is 3. The van der Waals surface area contributed by atoms with Crippen LogP contribution in [-0.4, -0.2) is 56.0 Å². The molecule has 1 saturated heterocycles. The van der Waals surface area contributed by atoms with Crippen LogP contribution in [0.15, 0.2) is 41.4 Å². The average Bonchev–Trinajstić information content (AvgIpc) is 3.11. The number of rotatable bonds is 7. The summed E-state index contributed by atoms with van der Waals surface area (Å²) in [7, 11) is 4.04. The quantitative estimate of drug-likeness (QED) is 0.540. The summed E-state index contributed by atoms with van der Waals surface area (Å²) >= 11 is 1.87. The second-order valence-corrected chi connectivity index (χ2v) is 9.00. The van der Waals surface area contributed by atoms with Crippen molar-refractivity contribution in [2.45, 2.75) is 39.4 Å². The molecule has 6 heteroatoms. The normalized spacial score (nSPS) is 16.6. The monoisotopic (exact) mass is 413 g/mol. The molecule has 0 aliphatic carbocycles. The summed E-state index contributed by atoms with van der Waals surface area (Å²) in [5, 5.41) is 6.83. The zero-order valence-electron chi connectivity index (χ0n) is 18.1. The highest BCUT2D eigenvalue weighted by Crippen LogP contribution is 2.16. The molecule has 1 aromatic carbocycles. The minimum absolute atomic E-state index is 0.777. The van der Waals surface area contributed by atoms with Crippen molar-refractivity contribution >= 4 is 17.3 Å². The van der Waals surface area contributed by atoms with Crippen LogP contribution in [0.2, 0.25) is 0 Å². The Morgan fingerprint density at radius 1 is 0.931 bits per heavy atom. The fourth-order valence-corrected chi connectivity index (χ4v) is 4.46. The largest absolute Gasteiger partial charge is 0.352 e. The predicted octanol–water partition coefficient (Wildman–Crippen LogP) is 3.31. The Bertz CT molecular complexity index is 768. The van der Waals surface area contributed by atoms with Gasteiger partial charge in [-0.3, -0.25) is 9.89 Å². The number of aryl methyl sites for hydroxylation is 1. The SMILES string of the molecule is CCc1ccc(CNC(=NC)NCc2ccc(CN3CCCN(C)CC3)cc2)s1. The van der Waals surface area contributed by atoms with Crippen LogP contribution in [0, 0.1) is 0 Å². The van der Waals surface area contributed by atoms with Crippen molar-refractivity contribution in [3.8, 4) is 0 Å². The van der Waals surface area contributed by atoms with Gasteiger partial charge in [-0.05, 0) is 56.2 Å². The van der Waals surface area contributed by atoms with Crippen LogP contribution in [0.5, 0.6) is 0 Å². The van der Waals surface area contributed by atoms with E-state index in [9.17, 15) is 0 Å². The number of nitrogens with one attached hydrogen (secondary N) is 2. The van der Waals surface area contributed by atoms with Crippen molar-refractivity contribution in [2.24, 2.45) is 4.99 Å². The number of likely N-dealkylation sites (N-methyl/N-ethyl adjacent to an activating group) is 1. The molecule has 2 heterocycles. The Morgan fingerprint density at radius 2 is 1.66 bits per heavy atom. The molecule has 5 nitrogen and oxygen atoms in total. The lowest BCUT2D eigenvalue weighted by molar-refractivity contribution is 0.269. The minimum Gasteiger partial charge on any atom is -0.352 e. The van der Waals surface area contributed by atoms with E-state index in [0.29, 0.717) is 0 Å². The maximum Gasteiger partial charge on any atom is 0.191 e. The first-order valence-electron chi connectivity index (χ1n) is 10.7. The number of thiophene rings is 1. The molecule has 0 amide bonds. The van der Waals surface area contributed by atoms with E-state index in [4.69, 9.17) is 0 Å². The zero-order valence-corrected chi connectivity index (χ0v) is 18.9. The minimum atomic E-state index is 0.777. The van der Waals surface area contributed by atoms with Gasteiger partial charge in [-0.25, -0.2) is 0 Å². The molecule has 0 saturated carbocycles. The first-order chi connectivity index (χ1) is 14.2. The Kier molecular flexibility index (Phi) is 8.52. The third kappa shape index (κ3) is 7.14. The lowest BCUT2D eigenvalue weighted by atomic mass is 10.1. The lowest BCUT2D eigenvalue weighted by Crippen LogP contribution is -2.36. The fourth-order valence-electron chi connectivity index (χ4n) is 3.56.